The molecule has 0 atom stereocenters. The first-order chi connectivity index (χ1) is 12.8. The van der Waals surface area contributed by atoms with E-state index in [0.29, 0.717) is 18.4 Å². The Hall–Kier alpha value is -1.83. The topological polar surface area (TPSA) is 72.5 Å². The maximum atomic E-state index is 6.09. The lowest BCUT2D eigenvalue weighted by atomic mass is 10.1. The van der Waals surface area contributed by atoms with Crippen molar-refractivity contribution >= 4 is 35.6 Å². The molecule has 2 aliphatic rings. The molecule has 144 valence electrons. The number of pyridine rings is 1. The van der Waals surface area contributed by atoms with Gasteiger partial charge in [0.15, 0.2) is 5.96 Å². The fraction of sp³-hybridized carbons (Fsp3) is 0.429. The minimum atomic E-state index is 0. The molecule has 0 aliphatic heterocycles. The zero-order valence-electron chi connectivity index (χ0n) is 15.5. The van der Waals surface area contributed by atoms with E-state index in [1.165, 1.54) is 36.8 Å². The quantitative estimate of drug-likeness (QED) is 0.379. The third-order valence-electron chi connectivity index (χ3n) is 5.22. The molecule has 3 N–H and O–H groups in total. The second kappa shape index (κ2) is 9.39. The zero-order valence-corrected chi connectivity index (χ0v) is 17.8. The Morgan fingerprint density at radius 2 is 1.96 bits per heavy atom. The van der Waals surface area contributed by atoms with Crippen molar-refractivity contribution < 1.29 is 4.74 Å². The minimum Gasteiger partial charge on any atom is -0.474 e. The lowest BCUT2D eigenvalue weighted by Gasteiger charge is -2.14. The molecule has 1 heterocycles. The number of anilines is 1. The summed E-state index contributed by atoms with van der Waals surface area (Å²) in [5.74, 6) is 1.10. The van der Waals surface area contributed by atoms with Crippen LogP contribution in [0.3, 0.4) is 0 Å². The van der Waals surface area contributed by atoms with Crippen molar-refractivity contribution in [3.63, 3.8) is 0 Å². The Kier molecular flexibility index (Phi) is 6.93. The molecular weight excluding hydrogens is 451 g/mol. The third kappa shape index (κ3) is 5.12. The average molecular weight is 478 g/mol. The molecule has 4 rings (SSSR count). The maximum absolute atomic E-state index is 6.09. The lowest BCUT2D eigenvalue weighted by molar-refractivity contribution is 0.199. The van der Waals surface area contributed by atoms with Crippen LogP contribution in [0.15, 0.2) is 41.5 Å². The standard InChI is InChI=1S/C21H26N4O.HI/c22-21(25-18-11-10-15-5-3-6-16(15)13-18)24-14-17-7-4-12-23-20(17)26-19-8-1-2-9-19;/h4,7,10-13,19H,1-3,5-6,8-9,14H2,(H3,22,24,25);1H. The molecule has 2 aromatic rings. The van der Waals surface area contributed by atoms with Gasteiger partial charge in [-0.15, -0.1) is 24.0 Å². The fourth-order valence-corrected chi connectivity index (χ4v) is 3.82. The smallest absolute Gasteiger partial charge is 0.218 e. The van der Waals surface area contributed by atoms with E-state index in [-0.39, 0.29) is 30.1 Å². The number of rotatable bonds is 5. The molecule has 0 bridgehead atoms. The second-order valence-electron chi connectivity index (χ2n) is 7.16. The van der Waals surface area contributed by atoms with Crippen LogP contribution in [-0.4, -0.2) is 17.0 Å². The van der Waals surface area contributed by atoms with E-state index in [1.54, 1.807) is 6.20 Å². The number of halogens is 1. The van der Waals surface area contributed by atoms with Crippen molar-refractivity contribution in [2.24, 2.45) is 10.7 Å². The van der Waals surface area contributed by atoms with Crippen molar-refractivity contribution in [2.45, 2.75) is 57.6 Å². The predicted octanol–water partition coefficient (Wildman–Crippen LogP) is 4.44. The Bertz CT molecular complexity index is 803. The number of nitrogens with zero attached hydrogens (tertiary/aromatic N) is 2. The van der Waals surface area contributed by atoms with Crippen LogP contribution >= 0.6 is 24.0 Å². The minimum absolute atomic E-state index is 0. The SMILES string of the molecule is I.NC(=NCc1cccnc1OC1CCCC1)Nc1ccc2c(c1)CCC2. The highest BCUT2D eigenvalue weighted by Crippen LogP contribution is 2.26. The second-order valence-corrected chi connectivity index (χ2v) is 7.16. The molecule has 6 heteroatoms. The van der Waals surface area contributed by atoms with Gasteiger partial charge in [0.25, 0.3) is 0 Å². The molecule has 1 aromatic heterocycles. The van der Waals surface area contributed by atoms with Crippen molar-refractivity contribution in [2.75, 3.05) is 5.32 Å². The number of nitrogens with two attached hydrogens (primary N) is 1. The van der Waals surface area contributed by atoms with Gasteiger partial charge < -0.3 is 15.8 Å². The number of aryl methyl sites for hydroxylation is 2. The number of nitrogens with one attached hydrogen (secondary N) is 1. The van der Waals surface area contributed by atoms with Crippen molar-refractivity contribution in [3.05, 3.63) is 53.2 Å². The molecule has 0 unspecified atom stereocenters. The molecule has 5 nitrogen and oxygen atoms in total. The summed E-state index contributed by atoms with van der Waals surface area (Å²) in [4.78, 5) is 8.87. The molecule has 0 radical (unpaired) electrons. The van der Waals surface area contributed by atoms with Crippen LogP contribution in [0.1, 0.15) is 48.8 Å². The average Bonchev–Trinajstić information content (AvgIpc) is 3.32. The maximum Gasteiger partial charge on any atom is 0.218 e. The molecule has 2 aliphatic carbocycles. The zero-order chi connectivity index (χ0) is 17.8. The van der Waals surface area contributed by atoms with Crippen molar-refractivity contribution in [1.82, 2.24) is 4.98 Å². The highest BCUT2D eigenvalue weighted by molar-refractivity contribution is 14.0. The van der Waals surface area contributed by atoms with Gasteiger partial charge in [0.05, 0.1) is 6.54 Å². The number of benzene rings is 1. The molecule has 27 heavy (non-hydrogen) atoms. The summed E-state index contributed by atoms with van der Waals surface area (Å²) in [5, 5.41) is 3.20. The Morgan fingerprint density at radius 1 is 1.15 bits per heavy atom. The first-order valence-electron chi connectivity index (χ1n) is 9.57. The van der Waals surface area contributed by atoms with Crippen LogP contribution in [0.5, 0.6) is 5.88 Å². The van der Waals surface area contributed by atoms with Gasteiger partial charge >= 0.3 is 0 Å². The Labute approximate surface area is 177 Å². The van der Waals surface area contributed by atoms with Gasteiger partial charge in [-0.05, 0) is 74.3 Å². The number of ether oxygens (including phenoxy) is 1. The molecule has 1 saturated carbocycles. The molecule has 1 fully saturated rings. The van der Waals surface area contributed by atoms with Crippen molar-refractivity contribution in [3.8, 4) is 5.88 Å². The number of fused-ring (bicyclic) bond motifs is 1. The number of hydrogen-bond acceptors (Lipinski definition) is 3. The largest absolute Gasteiger partial charge is 0.474 e. The third-order valence-corrected chi connectivity index (χ3v) is 5.22. The molecule has 0 spiro atoms. The van der Waals surface area contributed by atoms with E-state index < -0.39 is 0 Å². The number of hydrogen-bond donors (Lipinski definition) is 2. The molecular formula is C21H27IN4O. The van der Waals surface area contributed by atoms with Gasteiger partial charge in [-0.25, -0.2) is 9.98 Å². The van der Waals surface area contributed by atoms with Crippen LogP contribution in [0.2, 0.25) is 0 Å². The van der Waals surface area contributed by atoms with Gasteiger partial charge in [-0.1, -0.05) is 12.1 Å². The van der Waals surface area contributed by atoms with Gasteiger partial charge in [-0.3, -0.25) is 0 Å². The summed E-state index contributed by atoms with van der Waals surface area (Å²) in [6.45, 7) is 0.458. The van der Waals surface area contributed by atoms with E-state index in [2.05, 4.69) is 33.5 Å². The summed E-state index contributed by atoms with van der Waals surface area (Å²) in [5.41, 5.74) is 10.9. The lowest BCUT2D eigenvalue weighted by Crippen LogP contribution is -2.22. The fourth-order valence-electron chi connectivity index (χ4n) is 3.82. The van der Waals surface area contributed by atoms with E-state index in [1.807, 2.05) is 12.1 Å². The van der Waals surface area contributed by atoms with Crippen molar-refractivity contribution in [1.29, 1.82) is 0 Å². The summed E-state index contributed by atoms with van der Waals surface area (Å²) in [7, 11) is 0. The summed E-state index contributed by atoms with van der Waals surface area (Å²) in [6, 6.07) is 10.4. The normalized spacial score (nSPS) is 16.7. The first kappa shape index (κ1) is 19.9. The highest BCUT2D eigenvalue weighted by atomic mass is 127. The van der Waals surface area contributed by atoms with Gasteiger partial charge in [0.2, 0.25) is 5.88 Å². The summed E-state index contributed by atoms with van der Waals surface area (Å²) in [6.07, 6.45) is 10.3. The van der Waals surface area contributed by atoms with E-state index >= 15 is 0 Å². The first-order valence-corrected chi connectivity index (χ1v) is 9.57. The van der Waals surface area contributed by atoms with Crippen LogP contribution in [0.4, 0.5) is 5.69 Å². The van der Waals surface area contributed by atoms with E-state index in [4.69, 9.17) is 10.5 Å². The molecule has 1 aromatic carbocycles. The van der Waals surface area contributed by atoms with Crippen LogP contribution in [0, 0.1) is 0 Å². The van der Waals surface area contributed by atoms with Crippen LogP contribution in [0.25, 0.3) is 0 Å². The number of guanidine groups is 1. The highest BCUT2D eigenvalue weighted by Gasteiger charge is 2.18. The molecule has 0 saturated heterocycles. The van der Waals surface area contributed by atoms with E-state index in [0.717, 1.165) is 30.5 Å². The van der Waals surface area contributed by atoms with Gasteiger partial charge in [-0.2, -0.15) is 0 Å². The molecule has 0 amide bonds. The predicted molar refractivity (Wildman–Crippen MR) is 120 cm³/mol. The number of aliphatic imine (C=N–C) groups is 1. The van der Waals surface area contributed by atoms with E-state index in [9.17, 15) is 0 Å². The van der Waals surface area contributed by atoms with Crippen LogP contribution < -0.4 is 15.8 Å². The van der Waals surface area contributed by atoms with Crippen LogP contribution in [-0.2, 0) is 19.4 Å². The Balaban J connectivity index is 0.00000210. The van der Waals surface area contributed by atoms with Gasteiger partial charge in [0, 0.05) is 17.4 Å². The Morgan fingerprint density at radius 3 is 2.81 bits per heavy atom. The van der Waals surface area contributed by atoms with Gasteiger partial charge in [0.1, 0.15) is 6.10 Å². The number of aromatic nitrogens is 1. The summed E-state index contributed by atoms with van der Waals surface area (Å²) < 4.78 is 6.07. The summed E-state index contributed by atoms with van der Waals surface area (Å²) >= 11 is 0. The monoisotopic (exact) mass is 478 g/mol.